The molecule has 1 heterocycles. The molecule has 0 radical (unpaired) electrons. The number of hydrogen-bond acceptors (Lipinski definition) is 2. The van der Waals surface area contributed by atoms with Gasteiger partial charge in [-0.15, -0.1) is 0 Å². The summed E-state index contributed by atoms with van der Waals surface area (Å²) in [7, 11) is 4.27. The predicted molar refractivity (Wildman–Crippen MR) is 75.9 cm³/mol. The largest absolute Gasteiger partial charge is 0.357 e. The third-order valence-corrected chi connectivity index (χ3v) is 4.46. The number of anilines is 1. The van der Waals surface area contributed by atoms with Crippen LogP contribution in [-0.4, -0.2) is 22.9 Å². The van der Waals surface area contributed by atoms with E-state index >= 15 is 0 Å². The molecule has 0 amide bonds. The Morgan fingerprint density at radius 2 is 2.00 bits per heavy atom. The van der Waals surface area contributed by atoms with Gasteiger partial charge in [-0.1, -0.05) is 35.2 Å². The van der Waals surface area contributed by atoms with Crippen molar-refractivity contribution in [1.82, 2.24) is 9.78 Å². The SMILES string of the molecule is Cc1nn(C)c(N(C)C2CCCCC2)c1CBr. The van der Waals surface area contributed by atoms with E-state index in [9.17, 15) is 0 Å². The van der Waals surface area contributed by atoms with Crippen LogP contribution in [0.4, 0.5) is 5.82 Å². The Morgan fingerprint density at radius 3 is 2.59 bits per heavy atom. The normalized spacial score (nSPS) is 17.4. The summed E-state index contributed by atoms with van der Waals surface area (Å²) in [5.41, 5.74) is 2.47. The molecule has 1 aromatic heterocycles. The third-order valence-electron chi connectivity index (χ3n) is 3.90. The fourth-order valence-electron chi connectivity index (χ4n) is 2.93. The van der Waals surface area contributed by atoms with E-state index in [1.807, 2.05) is 11.7 Å². The highest BCUT2D eigenvalue weighted by atomic mass is 79.9. The molecule has 0 N–H and O–H groups in total. The molecular weight excluding hydrogens is 278 g/mol. The predicted octanol–water partition coefficient (Wildman–Crippen LogP) is 3.39. The van der Waals surface area contributed by atoms with E-state index < -0.39 is 0 Å². The van der Waals surface area contributed by atoms with Crippen LogP contribution in [0.1, 0.15) is 43.4 Å². The first-order valence-corrected chi connectivity index (χ1v) is 7.58. The summed E-state index contributed by atoms with van der Waals surface area (Å²) in [6.07, 6.45) is 6.79. The van der Waals surface area contributed by atoms with Gasteiger partial charge in [0.2, 0.25) is 0 Å². The van der Waals surface area contributed by atoms with Crippen LogP contribution in [0.5, 0.6) is 0 Å². The van der Waals surface area contributed by atoms with Crippen LogP contribution in [0, 0.1) is 6.92 Å². The molecule has 96 valence electrons. The zero-order valence-corrected chi connectivity index (χ0v) is 12.6. The second-order valence-electron chi connectivity index (χ2n) is 5.05. The lowest BCUT2D eigenvalue weighted by Crippen LogP contribution is -2.35. The van der Waals surface area contributed by atoms with Crippen molar-refractivity contribution in [3.05, 3.63) is 11.3 Å². The molecule has 0 spiro atoms. The summed E-state index contributed by atoms with van der Waals surface area (Å²) >= 11 is 3.58. The highest BCUT2D eigenvalue weighted by molar-refractivity contribution is 9.08. The number of nitrogens with zero attached hydrogens (tertiary/aromatic N) is 3. The summed E-state index contributed by atoms with van der Waals surface area (Å²) < 4.78 is 2.03. The van der Waals surface area contributed by atoms with Gasteiger partial charge < -0.3 is 4.90 Å². The molecule has 3 nitrogen and oxygen atoms in total. The van der Waals surface area contributed by atoms with Crippen LogP contribution in [0.25, 0.3) is 0 Å². The summed E-state index contributed by atoms with van der Waals surface area (Å²) in [5.74, 6) is 1.28. The van der Waals surface area contributed by atoms with Gasteiger partial charge in [-0.05, 0) is 19.8 Å². The average Bonchev–Trinajstić information content (AvgIpc) is 2.63. The van der Waals surface area contributed by atoms with Crippen LogP contribution < -0.4 is 4.90 Å². The molecule has 0 bridgehead atoms. The molecule has 4 heteroatoms. The van der Waals surface area contributed by atoms with Crippen LogP contribution >= 0.6 is 15.9 Å². The van der Waals surface area contributed by atoms with Crippen molar-refractivity contribution in [3.63, 3.8) is 0 Å². The lowest BCUT2D eigenvalue weighted by Gasteiger charge is -2.33. The van der Waals surface area contributed by atoms with Crippen LogP contribution in [-0.2, 0) is 12.4 Å². The van der Waals surface area contributed by atoms with Gasteiger partial charge >= 0.3 is 0 Å². The van der Waals surface area contributed by atoms with Crippen molar-refractivity contribution in [1.29, 1.82) is 0 Å². The second kappa shape index (κ2) is 5.42. The highest BCUT2D eigenvalue weighted by Gasteiger charge is 2.23. The van der Waals surface area contributed by atoms with Gasteiger partial charge in [0, 0.05) is 31.0 Å². The number of aromatic nitrogens is 2. The molecule has 0 aromatic carbocycles. The Kier molecular flexibility index (Phi) is 4.13. The Hall–Kier alpha value is -0.510. The van der Waals surface area contributed by atoms with Gasteiger partial charge in [0.15, 0.2) is 0 Å². The van der Waals surface area contributed by atoms with Crippen molar-refractivity contribution in [2.75, 3.05) is 11.9 Å². The minimum atomic E-state index is 0.691. The van der Waals surface area contributed by atoms with Crippen molar-refractivity contribution < 1.29 is 0 Å². The molecule has 0 unspecified atom stereocenters. The molecule has 1 fully saturated rings. The van der Waals surface area contributed by atoms with Gasteiger partial charge in [-0.2, -0.15) is 5.10 Å². The van der Waals surface area contributed by atoms with Crippen molar-refractivity contribution in [3.8, 4) is 0 Å². The summed E-state index contributed by atoms with van der Waals surface area (Å²) in [5, 5.41) is 5.43. The summed E-state index contributed by atoms with van der Waals surface area (Å²) in [6, 6.07) is 0.691. The maximum absolute atomic E-state index is 4.54. The quantitative estimate of drug-likeness (QED) is 0.798. The Balaban J connectivity index is 2.25. The van der Waals surface area contributed by atoms with Crippen molar-refractivity contribution in [2.24, 2.45) is 7.05 Å². The standard InChI is InChI=1S/C13H22BrN3/c1-10-12(9-14)13(17(3)15-10)16(2)11-7-5-4-6-8-11/h11H,4-9H2,1-3H3. The minimum absolute atomic E-state index is 0.691. The van der Waals surface area contributed by atoms with E-state index in [1.54, 1.807) is 0 Å². The lowest BCUT2D eigenvalue weighted by molar-refractivity contribution is 0.422. The highest BCUT2D eigenvalue weighted by Crippen LogP contribution is 2.30. The van der Waals surface area contributed by atoms with Crippen LogP contribution in [0.2, 0.25) is 0 Å². The van der Waals surface area contributed by atoms with E-state index in [-0.39, 0.29) is 0 Å². The van der Waals surface area contributed by atoms with E-state index in [0.29, 0.717) is 6.04 Å². The van der Waals surface area contributed by atoms with E-state index in [1.165, 1.54) is 43.5 Å². The Morgan fingerprint density at radius 1 is 1.35 bits per heavy atom. The molecule has 0 atom stereocenters. The first-order chi connectivity index (χ1) is 8.15. The molecule has 1 saturated carbocycles. The van der Waals surface area contributed by atoms with Crippen molar-refractivity contribution in [2.45, 2.75) is 50.4 Å². The first-order valence-electron chi connectivity index (χ1n) is 6.46. The smallest absolute Gasteiger partial charge is 0.130 e. The third kappa shape index (κ3) is 2.51. The van der Waals surface area contributed by atoms with Gasteiger partial charge in [0.25, 0.3) is 0 Å². The minimum Gasteiger partial charge on any atom is -0.357 e. The van der Waals surface area contributed by atoms with E-state index in [4.69, 9.17) is 0 Å². The molecule has 1 aliphatic rings. The fourth-order valence-corrected chi connectivity index (χ4v) is 3.59. The maximum atomic E-state index is 4.54. The van der Waals surface area contributed by atoms with E-state index in [2.05, 4.69) is 39.9 Å². The van der Waals surface area contributed by atoms with Gasteiger partial charge in [0.05, 0.1) is 5.69 Å². The maximum Gasteiger partial charge on any atom is 0.130 e. The lowest BCUT2D eigenvalue weighted by atomic mass is 9.94. The number of hydrogen-bond donors (Lipinski definition) is 0. The molecule has 17 heavy (non-hydrogen) atoms. The molecule has 0 aliphatic heterocycles. The van der Waals surface area contributed by atoms with Crippen molar-refractivity contribution >= 4 is 21.7 Å². The Labute approximate surface area is 112 Å². The molecule has 1 aromatic rings. The number of aryl methyl sites for hydroxylation is 2. The second-order valence-corrected chi connectivity index (χ2v) is 5.61. The topological polar surface area (TPSA) is 21.1 Å². The molecule has 1 aliphatic carbocycles. The molecule has 0 saturated heterocycles. The number of alkyl halides is 1. The number of rotatable bonds is 3. The Bertz CT molecular complexity index is 380. The van der Waals surface area contributed by atoms with Crippen LogP contribution in [0.15, 0.2) is 0 Å². The van der Waals surface area contributed by atoms with Gasteiger partial charge in [0.1, 0.15) is 5.82 Å². The van der Waals surface area contributed by atoms with E-state index in [0.717, 1.165) is 11.0 Å². The molecular formula is C13H22BrN3. The fraction of sp³-hybridized carbons (Fsp3) is 0.769. The average molecular weight is 300 g/mol. The van der Waals surface area contributed by atoms with Crippen LogP contribution in [0.3, 0.4) is 0 Å². The number of halogens is 1. The molecule has 2 rings (SSSR count). The van der Waals surface area contributed by atoms with Gasteiger partial charge in [-0.25, -0.2) is 0 Å². The summed E-state index contributed by atoms with van der Waals surface area (Å²) in [6.45, 7) is 2.09. The zero-order valence-electron chi connectivity index (χ0n) is 11.0. The summed E-state index contributed by atoms with van der Waals surface area (Å²) in [4.78, 5) is 2.44. The first kappa shape index (κ1) is 12.9. The monoisotopic (exact) mass is 299 g/mol. The van der Waals surface area contributed by atoms with Gasteiger partial charge in [-0.3, -0.25) is 4.68 Å². The zero-order chi connectivity index (χ0) is 12.4.